The SMILES string of the molecule is NS(=O)(=O)N1CCN(C(C(=O)O)c2ccccc2)CC1. The quantitative estimate of drug-likeness (QED) is 0.789. The zero-order valence-electron chi connectivity index (χ0n) is 10.8. The van der Waals surface area contributed by atoms with Crippen LogP contribution in [0.2, 0.25) is 0 Å². The lowest BCUT2D eigenvalue weighted by Gasteiger charge is -2.36. The molecule has 1 saturated heterocycles. The van der Waals surface area contributed by atoms with Gasteiger partial charge in [0.15, 0.2) is 0 Å². The van der Waals surface area contributed by atoms with Crippen LogP contribution >= 0.6 is 0 Å². The molecular formula is C12H17N3O4S. The molecule has 0 radical (unpaired) electrons. The van der Waals surface area contributed by atoms with Gasteiger partial charge in [0.25, 0.3) is 10.2 Å². The molecule has 1 heterocycles. The van der Waals surface area contributed by atoms with Crippen molar-refractivity contribution in [3.8, 4) is 0 Å². The molecule has 7 nitrogen and oxygen atoms in total. The first kappa shape index (κ1) is 14.9. The molecule has 20 heavy (non-hydrogen) atoms. The Bertz CT molecular complexity index is 568. The topological polar surface area (TPSA) is 104 Å². The summed E-state index contributed by atoms with van der Waals surface area (Å²) in [6.07, 6.45) is 0. The van der Waals surface area contributed by atoms with Crippen LogP contribution in [0, 0.1) is 0 Å². The second-order valence-electron chi connectivity index (χ2n) is 4.63. The summed E-state index contributed by atoms with van der Waals surface area (Å²) < 4.78 is 23.6. The highest BCUT2D eigenvalue weighted by Crippen LogP contribution is 2.22. The van der Waals surface area contributed by atoms with Crippen molar-refractivity contribution in [3.63, 3.8) is 0 Å². The minimum absolute atomic E-state index is 0.204. The Labute approximate surface area is 117 Å². The van der Waals surface area contributed by atoms with Crippen LogP contribution in [0.25, 0.3) is 0 Å². The lowest BCUT2D eigenvalue weighted by molar-refractivity contribution is -0.144. The molecule has 8 heteroatoms. The van der Waals surface area contributed by atoms with E-state index >= 15 is 0 Å². The predicted molar refractivity (Wildman–Crippen MR) is 73.1 cm³/mol. The van der Waals surface area contributed by atoms with Crippen LogP contribution in [0.4, 0.5) is 0 Å². The molecule has 0 aliphatic carbocycles. The number of aliphatic carboxylic acids is 1. The number of carboxylic acid groups (broad SMARTS) is 1. The summed E-state index contributed by atoms with van der Waals surface area (Å²) in [5.41, 5.74) is 0.684. The number of rotatable bonds is 4. The lowest BCUT2D eigenvalue weighted by Crippen LogP contribution is -2.52. The molecule has 1 aromatic carbocycles. The highest BCUT2D eigenvalue weighted by molar-refractivity contribution is 7.86. The van der Waals surface area contributed by atoms with Crippen LogP contribution in [-0.2, 0) is 15.0 Å². The third-order valence-electron chi connectivity index (χ3n) is 3.35. The molecule has 110 valence electrons. The molecule has 0 aromatic heterocycles. The summed E-state index contributed by atoms with van der Waals surface area (Å²) in [6.45, 7) is 1.08. The number of carboxylic acids is 1. The molecule has 0 saturated carbocycles. The van der Waals surface area contributed by atoms with Gasteiger partial charge in [-0.25, -0.2) is 5.14 Å². The van der Waals surface area contributed by atoms with Crippen molar-refractivity contribution >= 4 is 16.2 Å². The maximum Gasteiger partial charge on any atom is 0.325 e. The van der Waals surface area contributed by atoms with Crippen molar-refractivity contribution in [3.05, 3.63) is 35.9 Å². The Morgan fingerprint density at radius 1 is 1.15 bits per heavy atom. The highest BCUT2D eigenvalue weighted by atomic mass is 32.2. The van der Waals surface area contributed by atoms with Gasteiger partial charge in [-0.05, 0) is 5.56 Å². The van der Waals surface area contributed by atoms with Gasteiger partial charge in [0.2, 0.25) is 0 Å². The summed E-state index contributed by atoms with van der Waals surface area (Å²) in [5.74, 6) is -0.944. The molecule has 1 aliphatic heterocycles. The zero-order valence-corrected chi connectivity index (χ0v) is 11.7. The molecule has 1 unspecified atom stereocenters. The third kappa shape index (κ3) is 3.34. The minimum atomic E-state index is -3.70. The Morgan fingerprint density at radius 2 is 1.70 bits per heavy atom. The van der Waals surface area contributed by atoms with Gasteiger partial charge in [-0.15, -0.1) is 0 Å². The van der Waals surface area contributed by atoms with Crippen LogP contribution in [0.1, 0.15) is 11.6 Å². The normalized spacial score (nSPS) is 19.6. The largest absolute Gasteiger partial charge is 0.480 e. The Hall–Kier alpha value is -1.48. The number of carbonyl (C=O) groups is 1. The molecular weight excluding hydrogens is 282 g/mol. The van der Waals surface area contributed by atoms with E-state index in [0.717, 1.165) is 4.31 Å². The Balaban J connectivity index is 2.12. The summed E-state index contributed by atoms with van der Waals surface area (Å²) in [6, 6.07) is 8.13. The molecule has 1 fully saturated rings. The summed E-state index contributed by atoms with van der Waals surface area (Å²) in [4.78, 5) is 13.2. The van der Waals surface area contributed by atoms with Gasteiger partial charge in [0, 0.05) is 26.2 Å². The second kappa shape index (κ2) is 5.88. The predicted octanol–water partition coefficient (Wildman–Crippen LogP) is -0.367. The monoisotopic (exact) mass is 299 g/mol. The first-order valence-corrected chi connectivity index (χ1v) is 7.69. The van der Waals surface area contributed by atoms with Crippen molar-refractivity contribution in [1.82, 2.24) is 9.21 Å². The second-order valence-corrected chi connectivity index (χ2v) is 6.18. The van der Waals surface area contributed by atoms with E-state index in [9.17, 15) is 18.3 Å². The number of hydrogen-bond donors (Lipinski definition) is 2. The fourth-order valence-corrected chi connectivity index (χ4v) is 3.03. The van der Waals surface area contributed by atoms with Crippen LogP contribution in [0.15, 0.2) is 30.3 Å². The lowest BCUT2D eigenvalue weighted by atomic mass is 10.0. The van der Waals surface area contributed by atoms with Gasteiger partial charge in [-0.2, -0.15) is 12.7 Å². The fourth-order valence-electron chi connectivity index (χ4n) is 2.36. The Morgan fingerprint density at radius 3 is 2.15 bits per heavy atom. The summed E-state index contributed by atoms with van der Waals surface area (Å²) in [7, 11) is -3.70. The number of piperazine rings is 1. The molecule has 0 spiro atoms. The van der Waals surface area contributed by atoms with E-state index in [2.05, 4.69) is 0 Å². The zero-order chi connectivity index (χ0) is 14.8. The fraction of sp³-hybridized carbons (Fsp3) is 0.417. The van der Waals surface area contributed by atoms with E-state index in [0.29, 0.717) is 18.7 Å². The third-order valence-corrected chi connectivity index (χ3v) is 4.43. The van der Waals surface area contributed by atoms with Gasteiger partial charge in [0.05, 0.1) is 0 Å². The van der Waals surface area contributed by atoms with E-state index in [-0.39, 0.29) is 13.1 Å². The average molecular weight is 299 g/mol. The van der Waals surface area contributed by atoms with Crippen LogP contribution < -0.4 is 5.14 Å². The van der Waals surface area contributed by atoms with Crippen molar-refractivity contribution in [2.45, 2.75) is 6.04 Å². The van der Waals surface area contributed by atoms with Crippen molar-refractivity contribution in [2.24, 2.45) is 5.14 Å². The van der Waals surface area contributed by atoms with E-state index in [1.54, 1.807) is 29.2 Å². The van der Waals surface area contributed by atoms with Gasteiger partial charge < -0.3 is 5.11 Å². The summed E-state index contributed by atoms with van der Waals surface area (Å²) >= 11 is 0. The molecule has 3 N–H and O–H groups in total. The van der Waals surface area contributed by atoms with Crippen LogP contribution in [-0.4, -0.2) is 54.9 Å². The van der Waals surface area contributed by atoms with Gasteiger partial charge in [-0.1, -0.05) is 30.3 Å². The smallest absolute Gasteiger partial charge is 0.325 e. The van der Waals surface area contributed by atoms with E-state index < -0.39 is 22.2 Å². The molecule has 0 amide bonds. The molecule has 1 aliphatic rings. The highest BCUT2D eigenvalue weighted by Gasteiger charge is 2.32. The van der Waals surface area contributed by atoms with Crippen molar-refractivity contribution < 1.29 is 18.3 Å². The maximum absolute atomic E-state index is 11.5. The standard InChI is InChI=1S/C12H17N3O4S/c13-20(18,19)15-8-6-14(7-9-15)11(12(16)17)10-4-2-1-3-5-10/h1-5,11H,6-9H2,(H,16,17)(H2,13,18,19). The number of nitrogens with zero attached hydrogens (tertiary/aromatic N) is 2. The molecule has 1 aromatic rings. The molecule has 0 bridgehead atoms. The molecule has 2 rings (SSSR count). The number of nitrogens with two attached hydrogens (primary N) is 1. The van der Waals surface area contributed by atoms with Gasteiger partial charge in [0.1, 0.15) is 6.04 Å². The van der Waals surface area contributed by atoms with Crippen LogP contribution in [0.3, 0.4) is 0 Å². The Kier molecular flexibility index (Phi) is 4.39. The van der Waals surface area contributed by atoms with Gasteiger partial charge in [-0.3, -0.25) is 9.69 Å². The van der Waals surface area contributed by atoms with Crippen molar-refractivity contribution in [2.75, 3.05) is 26.2 Å². The number of benzene rings is 1. The van der Waals surface area contributed by atoms with E-state index in [1.807, 2.05) is 6.07 Å². The van der Waals surface area contributed by atoms with Crippen LogP contribution in [0.5, 0.6) is 0 Å². The minimum Gasteiger partial charge on any atom is -0.480 e. The first-order chi connectivity index (χ1) is 9.39. The first-order valence-electron chi connectivity index (χ1n) is 6.19. The molecule has 1 atom stereocenters. The van der Waals surface area contributed by atoms with E-state index in [4.69, 9.17) is 5.14 Å². The van der Waals surface area contributed by atoms with Gasteiger partial charge >= 0.3 is 5.97 Å². The average Bonchev–Trinajstić information content (AvgIpc) is 2.39. The van der Waals surface area contributed by atoms with Crippen molar-refractivity contribution in [1.29, 1.82) is 0 Å². The summed E-state index contributed by atoms with van der Waals surface area (Å²) in [5, 5.41) is 14.5. The maximum atomic E-state index is 11.5. The number of hydrogen-bond acceptors (Lipinski definition) is 4. The van der Waals surface area contributed by atoms with E-state index in [1.165, 1.54) is 0 Å².